The number of aryl methyl sites for hydroxylation is 2. The highest BCUT2D eigenvalue weighted by Gasteiger charge is 2.21. The van der Waals surface area contributed by atoms with Crippen LogP contribution < -0.4 is 11.3 Å². The molecule has 2 heterocycles. The van der Waals surface area contributed by atoms with Gasteiger partial charge in [0.1, 0.15) is 0 Å². The first-order valence-electron chi connectivity index (χ1n) is 6.30. The van der Waals surface area contributed by atoms with Crippen LogP contribution in [0.15, 0.2) is 6.07 Å². The number of nitrogens with two attached hydrogens (primary N) is 1. The fourth-order valence-corrected chi connectivity index (χ4v) is 3.00. The molecule has 2 aromatic rings. The molecule has 0 saturated carbocycles. The van der Waals surface area contributed by atoms with Crippen LogP contribution in [0, 0.1) is 6.92 Å². The van der Waals surface area contributed by atoms with Gasteiger partial charge in [0.05, 0.1) is 22.3 Å². The predicted molar refractivity (Wildman–Crippen MR) is 75.7 cm³/mol. The second-order valence-corrected chi connectivity index (χ2v) is 5.79. The van der Waals surface area contributed by atoms with Gasteiger partial charge in [0, 0.05) is 19.2 Å². The van der Waals surface area contributed by atoms with Crippen LogP contribution in [-0.2, 0) is 13.5 Å². The Labute approximate surface area is 117 Å². The summed E-state index contributed by atoms with van der Waals surface area (Å²) in [5.41, 5.74) is 6.05. The molecule has 7 heteroatoms. The number of nitrogens with one attached hydrogen (secondary N) is 1. The molecule has 0 radical (unpaired) electrons. The van der Waals surface area contributed by atoms with Crippen LogP contribution in [0.1, 0.15) is 47.8 Å². The van der Waals surface area contributed by atoms with Gasteiger partial charge in [-0.15, -0.1) is 5.10 Å². The van der Waals surface area contributed by atoms with Gasteiger partial charge in [0.2, 0.25) is 0 Å². The number of rotatable bonds is 5. The van der Waals surface area contributed by atoms with Crippen LogP contribution in [0.3, 0.4) is 0 Å². The molecule has 19 heavy (non-hydrogen) atoms. The van der Waals surface area contributed by atoms with E-state index in [0.717, 1.165) is 28.4 Å². The number of hydrogen-bond donors (Lipinski definition) is 2. The molecule has 0 aliphatic rings. The highest BCUT2D eigenvalue weighted by Crippen LogP contribution is 2.28. The number of nitrogens with zero attached hydrogens (tertiary/aromatic N) is 4. The van der Waals surface area contributed by atoms with E-state index in [-0.39, 0.29) is 6.04 Å². The number of hydrazine groups is 1. The molecule has 0 aliphatic heterocycles. The lowest BCUT2D eigenvalue weighted by atomic mass is 10.0. The Morgan fingerprint density at radius 1 is 1.47 bits per heavy atom. The minimum absolute atomic E-state index is 0.0206. The first kappa shape index (κ1) is 14.1. The molecule has 2 aromatic heterocycles. The Balaban J connectivity index is 2.25. The maximum atomic E-state index is 5.71. The minimum Gasteiger partial charge on any atom is -0.272 e. The van der Waals surface area contributed by atoms with Crippen molar-refractivity contribution in [2.45, 2.75) is 39.2 Å². The highest BCUT2D eigenvalue weighted by atomic mass is 32.1. The third-order valence-corrected chi connectivity index (χ3v) is 3.97. The summed E-state index contributed by atoms with van der Waals surface area (Å²) in [6, 6.07) is 2.10. The van der Waals surface area contributed by atoms with Crippen LogP contribution in [0.5, 0.6) is 0 Å². The summed E-state index contributed by atoms with van der Waals surface area (Å²) in [7, 11) is 1.95. The Hall–Kier alpha value is -1.31. The smallest absolute Gasteiger partial charge is 0.0829 e. The molecule has 1 atom stereocenters. The monoisotopic (exact) mass is 280 g/mol. The fourth-order valence-electron chi connectivity index (χ4n) is 2.14. The molecule has 104 valence electrons. The summed E-state index contributed by atoms with van der Waals surface area (Å²) >= 11 is 1.41. The van der Waals surface area contributed by atoms with Crippen molar-refractivity contribution >= 4 is 11.5 Å². The molecule has 0 aliphatic carbocycles. The van der Waals surface area contributed by atoms with Gasteiger partial charge in [-0.05, 0) is 30.4 Å². The standard InChI is InChI=1S/C12H20N6S/c1-7(2)11-12(19-17-15-11)10(14-13)6-9-5-8(3)16-18(9)4/h5,7,10,14H,6,13H2,1-4H3. The van der Waals surface area contributed by atoms with Crippen LogP contribution in [-0.4, -0.2) is 19.4 Å². The van der Waals surface area contributed by atoms with Gasteiger partial charge in [-0.25, -0.2) is 0 Å². The van der Waals surface area contributed by atoms with E-state index in [1.807, 2.05) is 18.7 Å². The lowest BCUT2D eigenvalue weighted by molar-refractivity contribution is 0.530. The predicted octanol–water partition coefficient (Wildman–Crippen LogP) is 1.45. The number of aromatic nitrogens is 4. The van der Waals surface area contributed by atoms with Crippen molar-refractivity contribution in [3.05, 3.63) is 28.0 Å². The molecule has 0 saturated heterocycles. The van der Waals surface area contributed by atoms with E-state index in [9.17, 15) is 0 Å². The van der Waals surface area contributed by atoms with Crippen molar-refractivity contribution in [3.8, 4) is 0 Å². The summed E-state index contributed by atoms with van der Waals surface area (Å²) in [5, 5.41) is 8.56. The SMILES string of the molecule is Cc1cc(CC(NN)c2snnc2C(C)C)n(C)n1. The van der Waals surface area contributed by atoms with Crippen molar-refractivity contribution in [2.75, 3.05) is 0 Å². The van der Waals surface area contributed by atoms with Crippen molar-refractivity contribution in [2.24, 2.45) is 12.9 Å². The molecule has 0 spiro atoms. The minimum atomic E-state index is 0.0206. The van der Waals surface area contributed by atoms with Gasteiger partial charge in [-0.1, -0.05) is 18.3 Å². The lowest BCUT2D eigenvalue weighted by Crippen LogP contribution is -2.30. The van der Waals surface area contributed by atoms with Crippen LogP contribution in [0.4, 0.5) is 0 Å². The molecule has 0 aromatic carbocycles. The first-order chi connectivity index (χ1) is 9.02. The molecule has 2 rings (SSSR count). The molecule has 0 fully saturated rings. The molecule has 1 unspecified atom stereocenters. The van der Waals surface area contributed by atoms with E-state index >= 15 is 0 Å². The Bertz CT molecular complexity index is 544. The summed E-state index contributed by atoms with van der Waals surface area (Å²) < 4.78 is 5.95. The summed E-state index contributed by atoms with van der Waals surface area (Å²) in [6.45, 7) is 6.21. The zero-order valence-electron chi connectivity index (χ0n) is 11.7. The van der Waals surface area contributed by atoms with E-state index in [0.29, 0.717) is 5.92 Å². The van der Waals surface area contributed by atoms with Crippen LogP contribution in [0.25, 0.3) is 0 Å². The Morgan fingerprint density at radius 2 is 2.21 bits per heavy atom. The second kappa shape index (κ2) is 5.77. The van der Waals surface area contributed by atoms with E-state index in [4.69, 9.17) is 5.84 Å². The van der Waals surface area contributed by atoms with Crippen molar-refractivity contribution in [1.29, 1.82) is 0 Å². The average molecular weight is 280 g/mol. The fraction of sp³-hybridized carbons (Fsp3) is 0.583. The Morgan fingerprint density at radius 3 is 2.74 bits per heavy atom. The second-order valence-electron chi connectivity index (χ2n) is 5.00. The summed E-state index contributed by atoms with van der Waals surface area (Å²) in [6.07, 6.45) is 0.775. The van der Waals surface area contributed by atoms with Gasteiger partial charge >= 0.3 is 0 Å². The van der Waals surface area contributed by atoms with E-state index < -0.39 is 0 Å². The topological polar surface area (TPSA) is 81.6 Å². The average Bonchev–Trinajstić information content (AvgIpc) is 2.93. The van der Waals surface area contributed by atoms with Crippen molar-refractivity contribution < 1.29 is 0 Å². The maximum absolute atomic E-state index is 5.71. The van der Waals surface area contributed by atoms with Crippen LogP contribution in [0.2, 0.25) is 0 Å². The van der Waals surface area contributed by atoms with E-state index in [1.165, 1.54) is 11.5 Å². The zero-order chi connectivity index (χ0) is 14.0. The van der Waals surface area contributed by atoms with Gasteiger partial charge < -0.3 is 0 Å². The number of hydrogen-bond acceptors (Lipinski definition) is 6. The van der Waals surface area contributed by atoms with Gasteiger partial charge in [-0.3, -0.25) is 16.0 Å². The summed E-state index contributed by atoms with van der Waals surface area (Å²) in [4.78, 5) is 1.11. The molecule has 3 N–H and O–H groups in total. The van der Waals surface area contributed by atoms with E-state index in [2.05, 4.69) is 40.0 Å². The third kappa shape index (κ3) is 2.99. The summed E-state index contributed by atoms with van der Waals surface area (Å²) in [5.74, 6) is 6.05. The van der Waals surface area contributed by atoms with E-state index in [1.54, 1.807) is 0 Å². The van der Waals surface area contributed by atoms with Crippen molar-refractivity contribution in [1.82, 2.24) is 24.8 Å². The zero-order valence-corrected chi connectivity index (χ0v) is 12.5. The molecular formula is C12H20N6S. The Kier molecular flexibility index (Phi) is 4.28. The maximum Gasteiger partial charge on any atom is 0.0829 e. The molecule has 6 nitrogen and oxygen atoms in total. The van der Waals surface area contributed by atoms with Gasteiger partial charge in [-0.2, -0.15) is 5.10 Å². The third-order valence-electron chi connectivity index (χ3n) is 3.12. The molecule has 0 amide bonds. The lowest BCUT2D eigenvalue weighted by Gasteiger charge is -2.16. The highest BCUT2D eigenvalue weighted by molar-refractivity contribution is 7.05. The largest absolute Gasteiger partial charge is 0.272 e. The quantitative estimate of drug-likeness (QED) is 0.640. The van der Waals surface area contributed by atoms with Gasteiger partial charge in [0.25, 0.3) is 0 Å². The molecular weight excluding hydrogens is 260 g/mol. The molecule has 0 bridgehead atoms. The van der Waals surface area contributed by atoms with Gasteiger partial charge in [0.15, 0.2) is 0 Å². The van der Waals surface area contributed by atoms with Crippen molar-refractivity contribution in [3.63, 3.8) is 0 Å². The normalized spacial score (nSPS) is 13.2. The first-order valence-corrected chi connectivity index (χ1v) is 7.08. The van der Waals surface area contributed by atoms with Crippen LogP contribution >= 0.6 is 11.5 Å².